The number of aliphatic hydroxyl groups is 2. The molecule has 4 aromatic rings. The number of hydrogen-bond donors (Lipinski definition) is 3. The molecule has 16 heteroatoms. The minimum Gasteiger partial charge on any atom is -0.459 e. The van der Waals surface area contributed by atoms with E-state index in [0.29, 0.717) is 60.0 Å². The Morgan fingerprint density at radius 3 is 2.43 bits per heavy atom. The van der Waals surface area contributed by atoms with Crippen LogP contribution in [0.2, 0.25) is 0 Å². The number of fused-ring (bicyclic) bond motifs is 3. The van der Waals surface area contributed by atoms with Gasteiger partial charge in [0, 0.05) is 62.4 Å². The van der Waals surface area contributed by atoms with Crippen molar-refractivity contribution in [3.63, 3.8) is 0 Å². The number of non-ortho nitro benzene ring substituents is 1. The van der Waals surface area contributed by atoms with Crippen LogP contribution in [0.3, 0.4) is 0 Å². The van der Waals surface area contributed by atoms with Crippen molar-refractivity contribution in [2.24, 2.45) is 22.9 Å². The Morgan fingerprint density at radius 1 is 0.942 bits per heavy atom. The van der Waals surface area contributed by atoms with Crippen molar-refractivity contribution >= 4 is 29.5 Å². The number of nitro benzene ring substituents is 1. The average molecular weight is 943 g/mol. The molecule has 0 aromatic heterocycles. The quantitative estimate of drug-likeness (QED) is 0.0237. The molecule has 6 atom stereocenters. The van der Waals surface area contributed by atoms with Crippen molar-refractivity contribution in [1.82, 2.24) is 10.2 Å². The molecule has 0 bridgehead atoms. The highest BCUT2D eigenvalue weighted by molar-refractivity contribution is 6.03. The second kappa shape index (κ2) is 22.4. The number of amides is 2. The van der Waals surface area contributed by atoms with E-state index in [2.05, 4.69) is 23.1 Å². The fourth-order valence-corrected chi connectivity index (χ4v) is 10.3. The molecule has 6 unspecified atom stereocenters. The summed E-state index contributed by atoms with van der Waals surface area (Å²) in [7, 11) is 1.48. The van der Waals surface area contributed by atoms with Crippen LogP contribution in [0.25, 0.3) is 6.08 Å². The monoisotopic (exact) mass is 942 g/mol. The van der Waals surface area contributed by atoms with E-state index in [-0.39, 0.29) is 69.6 Å². The van der Waals surface area contributed by atoms with Gasteiger partial charge in [-0.3, -0.25) is 14.9 Å². The summed E-state index contributed by atoms with van der Waals surface area (Å²) in [5.74, 6) is -1.20. The molecule has 2 aliphatic carbocycles. The van der Waals surface area contributed by atoms with Crippen LogP contribution in [0.1, 0.15) is 73.1 Å². The maximum Gasteiger partial charge on any atom is 0.412 e. The highest BCUT2D eigenvalue weighted by Gasteiger charge is 2.65. The molecular formula is C53H58N4O12. The average Bonchev–Trinajstić information content (AvgIpc) is 3.84. The largest absolute Gasteiger partial charge is 0.459 e. The van der Waals surface area contributed by atoms with Crippen LogP contribution < -0.4 is 24.3 Å². The molecule has 3 N–H and O–H groups in total. The smallest absolute Gasteiger partial charge is 0.412 e. The van der Waals surface area contributed by atoms with Gasteiger partial charge >= 0.3 is 6.09 Å². The van der Waals surface area contributed by atoms with Crippen LogP contribution in [0.15, 0.2) is 127 Å². The van der Waals surface area contributed by atoms with Gasteiger partial charge < -0.3 is 49.0 Å². The Hall–Kier alpha value is -7.01. The maximum atomic E-state index is 15.2. The number of allylic oxidation sites excluding steroid dienone is 1. The number of hydrogen-bond acceptors (Lipinski definition) is 13. The number of benzene rings is 4. The first kappa shape index (κ1) is 48.4. The van der Waals surface area contributed by atoms with Gasteiger partial charge in [0.1, 0.15) is 24.7 Å². The highest BCUT2D eigenvalue weighted by Crippen LogP contribution is 2.62. The molecule has 69 heavy (non-hydrogen) atoms. The van der Waals surface area contributed by atoms with E-state index in [4.69, 9.17) is 28.5 Å². The fourth-order valence-electron chi connectivity index (χ4n) is 10.3. The number of nitrogens with one attached hydrogen (secondary N) is 1. The first-order valence-corrected chi connectivity index (χ1v) is 23.4. The van der Waals surface area contributed by atoms with E-state index in [9.17, 15) is 25.1 Å². The van der Waals surface area contributed by atoms with Crippen LogP contribution in [0, 0.1) is 27.9 Å². The Labute approximate surface area is 400 Å². The fraction of sp³-hybridized carbons (Fsp3) is 0.377. The first-order chi connectivity index (χ1) is 33.7. The first-order valence-electron chi connectivity index (χ1n) is 23.4. The second-order valence-corrected chi connectivity index (χ2v) is 17.5. The van der Waals surface area contributed by atoms with Gasteiger partial charge in [-0.25, -0.2) is 4.79 Å². The highest BCUT2D eigenvalue weighted by atomic mass is 16.7. The van der Waals surface area contributed by atoms with Crippen molar-refractivity contribution in [2.45, 2.75) is 75.8 Å². The van der Waals surface area contributed by atoms with Crippen molar-refractivity contribution in [2.75, 3.05) is 33.7 Å². The zero-order valence-corrected chi connectivity index (χ0v) is 38.6. The lowest BCUT2D eigenvalue weighted by Gasteiger charge is -2.60. The van der Waals surface area contributed by atoms with E-state index >= 15 is 4.79 Å². The van der Waals surface area contributed by atoms with Gasteiger partial charge in [0.15, 0.2) is 11.5 Å². The van der Waals surface area contributed by atoms with Gasteiger partial charge in [0.2, 0.25) is 18.5 Å². The number of nitrogens with zero attached hydrogens (tertiary/aromatic N) is 3. The normalized spacial score (nSPS) is 22.4. The van der Waals surface area contributed by atoms with Crippen molar-refractivity contribution in [3.8, 4) is 23.0 Å². The molecule has 1 saturated carbocycles. The zero-order chi connectivity index (χ0) is 48.3. The third-order valence-corrected chi connectivity index (χ3v) is 13.3. The van der Waals surface area contributed by atoms with E-state index in [0.717, 1.165) is 35.1 Å². The number of oxime groups is 1. The molecule has 1 fully saturated rings. The standard InChI is InChI=1S/C53H58N4O12/c1-3-27-67-53-48(56(33-37-17-22-46-47(28-37)66-34-65-46)49(60)24-18-35-15-19-39(20-16-35)57(62)63)31-44(55-64-2)42-29-38(13-7-9-25-58)41(14-8-10-26-59)50(51(42)53)43-30-40(21-23-45(43)69-53)68-52(61)54-32-36-11-5-4-6-12-36/h3-6,11-12,15-24,28-30,38,41,48,50-51,58-59H,1,7-10,13-14,25-27,31-34H2,2H3,(H,54,61). The minimum atomic E-state index is -1.58. The number of carbonyl (C=O) groups excluding carboxylic acids is 2. The van der Waals surface area contributed by atoms with E-state index in [1.807, 2.05) is 48.5 Å². The molecule has 16 nitrogen and oxygen atoms in total. The number of unbranched alkanes of at least 4 members (excludes halogenated alkanes) is 2. The number of ether oxygens (including phenoxy) is 5. The molecule has 2 heterocycles. The predicted molar refractivity (Wildman–Crippen MR) is 257 cm³/mol. The Balaban J connectivity index is 1.28. The van der Waals surface area contributed by atoms with Gasteiger partial charge in [-0.1, -0.05) is 66.5 Å². The lowest BCUT2D eigenvalue weighted by atomic mass is 9.55. The van der Waals surface area contributed by atoms with Gasteiger partial charge in [-0.2, -0.15) is 0 Å². The zero-order valence-electron chi connectivity index (χ0n) is 38.6. The summed E-state index contributed by atoms with van der Waals surface area (Å²) in [6, 6.07) is 25.4. The van der Waals surface area contributed by atoms with Gasteiger partial charge in [-0.05, 0) is 108 Å². The summed E-state index contributed by atoms with van der Waals surface area (Å²) in [5.41, 5.74) is 4.36. The van der Waals surface area contributed by atoms with Crippen LogP contribution in [0.4, 0.5) is 10.5 Å². The van der Waals surface area contributed by atoms with Crippen molar-refractivity contribution < 1.29 is 53.2 Å². The Morgan fingerprint density at radius 2 is 1.70 bits per heavy atom. The molecule has 4 aliphatic rings. The molecule has 0 spiro atoms. The topological polar surface area (TPSA) is 201 Å². The minimum absolute atomic E-state index is 0.0241. The van der Waals surface area contributed by atoms with Crippen LogP contribution in [0.5, 0.6) is 23.0 Å². The third kappa shape index (κ3) is 10.8. The van der Waals surface area contributed by atoms with Crippen molar-refractivity contribution in [1.29, 1.82) is 0 Å². The molecule has 2 aliphatic heterocycles. The summed E-state index contributed by atoms with van der Waals surface area (Å²) >= 11 is 0. The summed E-state index contributed by atoms with van der Waals surface area (Å²) in [6.45, 7) is 4.54. The van der Waals surface area contributed by atoms with E-state index in [1.165, 1.54) is 25.3 Å². The van der Waals surface area contributed by atoms with Gasteiger partial charge in [0.25, 0.3) is 5.69 Å². The summed E-state index contributed by atoms with van der Waals surface area (Å²) in [4.78, 5) is 46.8. The molecule has 8 rings (SSSR count). The van der Waals surface area contributed by atoms with E-state index in [1.54, 1.807) is 47.4 Å². The number of nitro groups is 1. The van der Waals surface area contributed by atoms with Crippen LogP contribution >= 0.6 is 0 Å². The third-order valence-electron chi connectivity index (χ3n) is 13.3. The SMILES string of the molecule is C=CCOC12Oc3ccc(OC(=O)NCc4ccccc4)cc3C3C(CCCCO)C(CCCCO)C=C(C(=NOC)CC1N(Cc1ccc4c(c1)OCO4)C(=O)C=Cc1ccc([N+](=O)[O-])cc1)C32. The number of carbonyl (C=O) groups is 2. The van der Waals surface area contributed by atoms with E-state index < -0.39 is 34.7 Å². The summed E-state index contributed by atoms with van der Waals surface area (Å²) in [6.07, 6.45) is 10.6. The van der Waals surface area contributed by atoms with Crippen molar-refractivity contribution in [3.05, 3.63) is 154 Å². The molecular weight excluding hydrogens is 885 g/mol. The number of aliphatic hydroxyl groups excluding tert-OH is 2. The Bertz CT molecular complexity index is 2560. The maximum absolute atomic E-state index is 15.2. The summed E-state index contributed by atoms with van der Waals surface area (Å²) in [5, 5.41) is 38.9. The van der Waals surface area contributed by atoms with Gasteiger partial charge in [0.05, 0.1) is 23.2 Å². The molecule has 2 amide bonds. The molecule has 0 radical (unpaired) electrons. The second-order valence-electron chi connectivity index (χ2n) is 17.5. The lowest BCUT2D eigenvalue weighted by molar-refractivity contribution is -0.384. The van der Waals surface area contributed by atoms with Gasteiger partial charge in [-0.15, -0.1) is 6.58 Å². The van der Waals surface area contributed by atoms with Crippen LogP contribution in [-0.4, -0.2) is 83.3 Å². The number of rotatable bonds is 21. The Kier molecular flexibility index (Phi) is 15.7. The van der Waals surface area contributed by atoms with Crippen LogP contribution in [-0.2, 0) is 27.5 Å². The summed E-state index contributed by atoms with van der Waals surface area (Å²) < 4.78 is 31.8. The molecule has 0 saturated heterocycles. The molecule has 4 aromatic carbocycles. The predicted octanol–water partition coefficient (Wildman–Crippen LogP) is 8.62. The lowest BCUT2D eigenvalue weighted by Crippen LogP contribution is -2.70. The molecule has 362 valence electrons.